The second-order valence-corrected chi connectivity index (χ2v) is 37.8. The van der Waals surface area contributed by atoms with Crippen LogP contribution in [0.15, 0.2) is 235 Å². The fourth-order valence-corrected chi connectivity index (χ4v) is 22.4. The maximum atomic E-state index is 13.0. The average molecular weight is 1770 g/mol. The quantitative estimate of drug-likeness (QED) is 0.150. The predicted molar refractivity (Wildman–Crippen MR) is 513 cm³/mol. The molecule has 6 atom stereocenters. The number of nitrogens with zero attached hydrogens (tertiary/aromatic N) is 16. The number of hydrogen-bond donors (Lipinski definition) is 2. The maximum Gasteiger partial charge on any atom is 0.232 e. The van der Waals surface area contributed by atoms with Gasteiger partial charge in [-0.3, -0.25) is 39.5 Å². The summed E-state index contributed by atoms with van der Waals surface area (Å²) in [4.78, 5) is 95.0. The average Bonchev–Trinajstić information content (AvgIpc) is 1.45. The number of amidine groups is 1. The topological polar surface area (TPSA) is 317 Å². The minimum Gasteiger partial charge on any atom is -0.480 e. The first-order valence-electron chi connectivity index (χ1n) is 45.1. The van der Waals surface area contributed by atoms with E-state index in [2.05, 4.69) is 151 Å². The second-order valence-electron chi connectivity index (χ2n) is 36.3. The molecule has 6 aliphatic carbocycles. The number of guanidine groups is 1. The number of nitrogens with two attached hydrogens (primary N) is 2. The molecule has 12 aromatic rings. The molecule has 12 heterocycles. The van der Waals surface area contributed by atoms with Crippen molar-refractivity contribution < 1.29 is 28.5 Å². The summed E-state index contributed by atoms with van der Waals surface area (Å²) in [6.07, 6.45) is 38.9. The van der Waals surface area contributed by atoms with Gasteiger partial charge in [0.05, 0.1) is 81.9 Å². The number of ketones is 2. The highest BCUT2D eigenvalue weighted by atomic mass is 32.1. The van der Waals surface area contributed by atoms with Gasteiger partial charge in [-0.05, 0) is 201 Å². The number of aliphatic imine (C=N–C) groups is 6. The van der Waals surface area contributed by atoms with Crippen LogP contribution in [0.25, 0.3) is 67.3 Å². The molecule has 130 heavy (non-hydrogen) atoms. The summed E-state index contributed by atoms with van der Waals surface area (Å²) < 4.78 is 21.7. The molecule has 0 amide bonds. The fraction of sp³-hybridized carbons (Fsp3) is 0.356. The lowest BCUT2D eigenvalue weighted by Crippen LogP contribution is -2.42. The van der Waals surface area contributed by atoms with Crippen LogP contribution in [0.4, 0.5) is 0 Å². The van der Waals surface area contributed by atoms with Gasteiger partial charge < -0.3 is 35.3 Å². The number of aromatic nitrogens is 9. The van der Waals surface area contributed by atoms with Crippen molar-refractivity contribution in [3.63, 3.8) is 0 Å². The summed E-state index contributed by atoms with van der Waals surface area (Å²) in [6, 6.07) is 42.0. The number of aryl methyl sites for hydroxylation is 4. The molecule has 24 rings (SSSR count). The van der Waals surface area contributed by atoms with E-state index in [4.69, 9.17) is 50.4 Å². The summed E-state index contributed by atoms with van der Waals surface area (Å²) in [6.45, 7) is 10.1. The van der Waals surface area contributed by atoms with E-state index >= 15 is 0 Å². The molecule has 6 aromatic heterocycles. The summed E-state index contributed by atoms with van der Waals surface area (Å²) in [7, 11) is 3.62. The van der Waals surface area contributed by atoms with Crippen molar-refractivity contribution in [3.05, 3.63) is 272 Å². The number of thiazole rings is 2. The van der Waals surface area contributed by atoms with Gasteiger partial charge in [-0.25, -0.2) is 44.9 Å². The normalized spacial score (nSPS) is 23.6. The van der Waals surface area contributed by atoms with Crippen molar-refractivity contribution in [1.29, 1.82) is 0 Å². The number of hydrogen-bond acceptors (Lipinski definition) is 26. The van der Waals surface area contributed by atoms with Crippen LogP contribution < -0.4 is 16.2 Å². The first-order chi connectivity index (χ1) is 63.2. The van der Waals surface area contributed by atoms with E-state index in [9.17, 15) is 9.59 Å². The predicted octanol–water partition coefficient (Wildman–Crippen LogP) is 17.9. The van der Waals surface area contributed by atoms with Gasteiger partial charge in [0.2, 0.25) is 5.88 Å². The number of Topliss-reactive ketones (excluding diaryl/α,β-unsaturated/α-hetero) is 2. The van der Waals surface area contributed by atoms with Crippen molar-refractivity contribution in [2.24, 2.45) is 41.4 Å². The first kappa shape index (κ1) is 86.3. The van der Waals surface area contributed by atoms with Crippen molar-refractivity contribution in [3.8, 4) is 73.2 Å². The lowest BCUT2D eigenvalue weighted by Gasteiger charge is -2.33. The highest BCUT2D eigenvalue weighted by molar-refractivity contribution is 7.08. The van der Waals surface area contributed by atoms with Gasteiger partial charge >= 0.3 is 0 Å². The van der Waals surface area contributed by atoms with Gasteiger partial charge in [-0.1, -0.05) is 109 Å². The number of benzene rings is 6. The number of methoxy groups -OCH3 is 1. The smallest absolute Gasteiger partial charge is 0.232 e. The van der Waals surface area contributed by atoms with Gasteiger partial charge in [0.25, 0.3) is 0 Å². The lowest BCUT2D eigenvalue weighted by atomic mass is 9.75. The van der Waals surface area contributed by atoms with E-state index in [0.29, 0.717) is 56.3 Å². The SMILES string of the molecule is CC1=NC2(CC1)CCc1cccc(-c3cscn3)c1C2.CC1=NC2(CCc3c(cccc3-c3cccnc3)C2=O)CO1.CC1=N[C@@]2(CCc3c(cccc3-c3cscn3)C2=O)CO1.CC1=N[C@]2(CCc3cccc(-c4cnccn4)c3C2)CO1.CN1CC2(CCc3cccc(-c4cncnc4)c3C2)N=C1N.COc1cncc(-c2ccc3c(c2)C[C@@]2(CCC3)CCC(N)=N2)n1. The molecule has 6 spiro atoms. The number of likely N-dealkylation sites (N-methyl/N-ethyl adjacent to an activating group) is 1. The Hall–Kier alpha value is -13.1. The molecule has 0 fully saturated rings. The Labute approximate surface area is 765 Å². The molecule has 26 heteroatoms. The Balaban J connectivity index is 0.000000101. The molecule has 6 aromatic carbocycles. The number of rotatable bonds is 7. The van der Waals surface area contributed by atoms with Gasteiger partial charge in [0, 0.05) is 152 Å². The van der Waals surface area contributed by atoms with Crippen LogP contribution in [0.2, 0.25) is 0 Å². The number of pyridine rings is 1. The van der Waals surface area contributed by atoms with E-state index in [0.717, 1.165) is 187 Å². The fourth-order valence-electron chi connectivity index (χ4n) is 21.3. The molecule has 24 nitrogen and oxygen atoms in total. The van der Waals surface area contributed by atoms with Crippen LogP contribution in [0, 0.1) is 0 Å². The van der Waals surface area contributed by atoms with Crippen LogP contribution in [-0.4, -0.2) is 170 Å². The van der Waals surface area contributed by atoms with E-state index in [1.807, 2.05) is 111 Å². The van der Waals surface area contributed by atoms with Crippen LogP contribution in [0.1, 0.15) is 175 Å². The third kappa shape index (κ3) is 17.7. The molecule has 660 valence electrons. The van der Waals surface area contributed by atoms with Crippen LogP contribution >= 0.6 is 22.7 Å². The number of ether oxygens (including phenoxy) is 4. The Morgan fingerprint density at radius 2 is 0.938 bits per heavy atom. The third-order valence-corrected chi connectivity index (χ3v) is 29.0. The van der Waals surface area contributed by atoms with E-state index in [-0.39, 0.29) is 33.7 Å². The minimum absolute atomic E-state index is 0.00795. The third-order valence-electron chi connectivity index (χ3n) is 27.8. The van der Waals surface area contributed by atoms with Crippen LogP contribution in [0.5, 0.6) is 5.88 Å². The largest absolute Gasteiger partial charge is 0.480 e. The zero-order valence-corrected chi connectivity index (χ0v) is 76.0. The van der Waals surface area contributed by atoms with Crippen molar-refractivity contribution in [1.82, 2.24) is 49.8 Å². The number of carbonyl (C=O) groups is 2. The standard InChI is InChI=1S/C19H22N4O.C18H16N2O2.C17H19N5.C17H17N3O.C17H18N2S.C16H14N2O2S/c1-24-18-12-21-11-16(22-18)14-5-4-13-3-2-7-19(10-15(13)9-14)8-6-17(20)23-19;1-12-20-18(11-22-12)8-7-15-14(13-4-3-9-19-10-13)5-2-6-16(15)17(18)21;1-22-10-17(21-16(22)18)6-5-12-3-2-4-14(15(12)7-17)13-8-19-11-20-9-13;1-12-20-17(11-21-12)6-5-13-3-2-4-14(15(13)9-17)16-10-18-7-8-19-16;1-12-5-7-17(19-12)8-6-13-3-2-4-14(15(13)9-17)16-10-20-11-18-16;1-10-18-16(8-20-10)6-5-11-12(14-7-21-9-17-14)3-2-4-13(11)15(16)19/h4-5,9,11-12H,2-3,6-8,10H2,1H3,(H2,20,23);2-6,9-10H,7-8,11H2,1H3;2-4,8-9,11H,5-7,10H2,1H3,(H2,18,21);2-4,7-8,10H,5-6,9,11H2,1H3;2-4,10-11H,5-9H2,1H3;2-4,7,9H,5-6,8H2,1H3/t19-;;;17-;;16-/m1..0.0/s1. The zero-order chi connectivity index (χ0) is 89.2. The first-order valence-corrected chi connectivity index (χ1v) is 47.0. The Kier molecular flexibility index (Phi) is 24.2. The second kappa shape index (κ2) is 36.5. The Morgan fingerprint density at radius 1 is 0.400 bits per heavy atom. The molecule has 3 unspecified atom stereocenters. The lowest BCUT2D eigenvalue weighted by molar-refractivity contribution is 0.0828. The molecular formula is C104H106N18O6S2. The molecule has 0 saturated heterocycles. The molecule has 0 bridgehead atoms. The highest BCUT2D eigenvalue weighted by Gasteiger charge is 2.50. The molecule has 6 aliphatic heterocycles. The van der Waals surface area contributed by atoms with Crippen LogP contribution in [0.3, 0.4) is 0 Å². The summed E-state index contributed by atoms with van der Waals surface area (Å²) in [5.74, 6) is 4.21. The van der Waals surface area contributed by atoms with Crippen molar-refractivity contribution in [2.75, 3.05) is 40.5 Å². The number of carbonyl (C=O) groups excluding carboxylic acids is 2. The molecule has 0 radical (unpaired) electrons. The van der Waals surface area contributed by atoms with E-state index in [1.165, 1.54) is 92.6 Å². The maximum absolute atomic E-state index is 13.0. The van der Waals surface area contributed by atoms with Gasteiger partial charge in [-0.15, -0.1) is 22.7 Å². The molecule has 4 N–H and O–H groups in total. The van der Waals surface area contributed by atoms with E-state index < -0.39 is 11.1 Å². The highest BCUT2D eigenvalue weighted by Crippen LogP contribution is 2.47. The Morgan fingerprint density at radius 3 is 1.50 bits per heavy atom. The molecule has 12 aliphatic rings. The molecular weight excluding hydrogens is 1660 g/mol. The summed E-state index contributed by atoms with van der Waals surface area (Å²) >= 11 is 3.24. The zero-order valence-electron chi connectivity index (χ0n) is 74.4. The van der Waals surface area contributed by atoms with E-state index in [1.54, 1.807) is 67.1 Å². The Bertz CT molecular complexity index is 6470. The van der Waals surface area contributed by atoms with Crippen molar-refractivity contribution >= 4 is 69.4 Å². The van der Waals surface area contributed by atoms with Gasteiger partial charge in [-0.2, -0.15) is 0 Å². The number of fused-ring (bicyclic) bond motifs is 6. The van der Waals surface area contributed by atoms with Crippen LogP contribution in [-0.2, 0) is 78.4 Å². The molecule has 0 saturated carbocycles. The summed E-state index contributed by atoms with van der Waals surface area (Å²) in [5, 5.41) is 4.17. The monoisotopic (exact) mass is 1770 g/mol. The van der Waals surface area contributed by atoms with Crippen molar-refractivity contribution in [2.45, 2.75) is 196 Å². The van der Waals surface area contributed by atoms with Gasteiger partial charge in [0.15, 0.2) is 46.3 Å². The van der Waals surface area contributed by atoms with Gasteiger partial charge in [0.1, 0.15) is 31.7 Å². The summed E-state index contributed by atoms with van der Waals surface area (Å²) in [5.41, 5.74) is 43.7. The minimum atomic E-state index is -0.704.